The lowest BCUT2D eigenvalue weighted by Crippen LogP contribution is -2.52. The average molecular weight is 350 g/mol. The van der Waals surface area contributed by atoms with E-state index in [1.807, 2.05) is 0 Å². The van der Waals surface area contributed by atoms with Crippen LogP contribution in [0.4, 0.5) is 4.79 Å². The average Bonchev–Trinajstić information content (AvgIpc) is 2.97. The molecule has 140 valence electrons. The summed E-state index contributed by atoms with van der Waals surface area (Å²) in [6.45, 7) is 2.87. The Kier molecular flexibility index (Phi) is 5.20. The third-order valence-electron chi connectivity index (χ3n) is 6.03. The van der Waals surface area contributed by atoms with Crippen LogP contribution in [0.3, 0.4) is 0 Å². The van der Waals surface area contributed by atoms with Gasteiger partial charge in [-0.3, -0.25) is 9.59 Å². The summed E-state index contributed by atoms with van der Waals surface area (Å²) in [4.78, 5) is 42.2. The molecule has 3 fully saturated rings. The number of nitrogens with one attached hydrogen (secondary N) is 1. The second-order valence-corrected chi connectivity index (χ2v) is 8.05. The smallest absolute Gasteiger partial charge is 0.317 e. The fraction of sp³-hybridized carbons (Fsp3) is 0.833. The number of rotatable bonds is 4. The summed E-state index contributed by atoms with van der Waals surface area (Å²) in [6, 6.07) is -0.275. The van der Waals surface area contributed by atoms with E-state index in [0.29, 0.717) is 19.0 Å². The van der Waals surface area contributed by atoms with Crippen molar-refractivity contribution in [1.82, 2.24) is 20.0 Å². The Hall–Kier alpha value is -1.79. The fourth-order valence-electron chi connectivity index (χ4n) is 4.20. The van der Waals surface area contributed by atoms with Gasteiger partial charge in [-0.05, 0) is 38.0 Å². The number of likely N-dealkylation sites (tertiary alicyclic amines) is 2. The predicted octanol–water partition coefficient (Wildman–Crippen LogP) is 0.899. The molecule has 7 nitrogen and oxygen atoms in total. The van der Waals surface area contributed by atoms with E-state index in [2.05, 4.69) is 10.2 Å². The normalized spacial score (nSPS) is 26.7. The zero-order valence-electron chi connectivity index (χ0n) is 15.4. The van der Waals surface area contributed by atoms with Crippen molar-refractivity contribution in [2.24, 2.45) is 11.3 Å². The molecule has 3 aliphatic rings. The fourth-order valence-corrected chi connectivity index (χ4v) is 4.20. The van der Waals surface area contributed by atoms with Crippen LogP contribution in [-0.4, -0.2) is 79.4 Å². The summed E-state index contributed by atoms with van der Waals surface area (Å²) in [5, 5.41) is 2.61. The van der Waals surface area contributed by atoms with Crippen molar-refractivity contribution in [3.63, 3.8) is 0 Å². The molecule has 4 amide bonds. The zero-order chi connectivity index (χ0) is 18.0. The van der Waals surface area contributed by atoms with Crippen LogP contribution in [0.25, 0.3) is 0 Å². The number of amides is 4. The van der Waals surface area contributed by atoms with Crippen LogP contribution < -0.4 is 5.32 Å². The van der Waals surface area contributed by atoms with Gasteiger partial charge in [-0.1, -0.05) is 6.42 Å². The first-order chi connectivity index (χ1) is 11.9. The lowest BCUT2D eigenvalue weighted by atomic mass is 9.77. The molecule has 1 spiro atoms. The lowest BCUT2D eigenvalue weighted by Gasteiger charge is -2.42. The molecule has 0 radical (unpaired) electrons. The number of hydrogen-bond acceptors (Lipinski definition) is 3. The zero-order valence-corrected chi connectivity index (χ0v) is 15.4. The van der Waals surface area contributed by atoms with Crippen LogP contribution in [0.1, 0.15) is 38.5 Å². The van der Waals surface area contributed by atoms with E-state index in [1.165, 1.54) is 24.2 Å². The maximum Gasteiger partial charge on any atom is 0.317 e. The van der Waals surface area contributed by atoms with E-state index in [9.17, 15) is 14.4 Å². The molecule has 2 heterocycles. The summed E-state index contributed by atoms with van der Waals surface area (Å²) in [5.74, 6) is 0.828. The van der Waals surface area contributed by atoms with Crippen LogP contribution in [0.2, 0.25) is 0 Å². The second-order valence-electron chi connectivity index (χ2n) is 8.05. The summed E-state index contributed by atoms with van der Waals surface area (Å²) in [7, 11) is 3.28. The Morgan fingerprint density at radius 2 is 1.96 bits per heavy atom. The van der Waals surface area contributed by atoms with Gasteiger partial charge in [-0.25, -0.2) is 4.79 Å². The molecule has 1 N–H and O–H groups in total. The molecule has 0 aromatic rings. The van der Waals surface area contributed by atoms with E-state index in [1.54, 1.807) is 19.0 Å². The first kappa shape index (κ1) is 18.0. The van der Waals surface area contributed by atoms with Crippen molar-refractivity contribution >= 4 is 17.8 Å². The van der Waals surface area contributed by atoms with Crippen molar-refractivity contribution < 1.29 is 14.4 Å². The number of hydrogen-bond donors (Lipinski definition) is 1. The maximum absolute atomic E-state index is 13.1. The number of piperidine rings is 1. The minimum absolute atomic E-state index is 0.00687. The van der Waals surface area contributed by atoms with Gasteiger partial charge in [-0.2, -0.15) is 0 Å². The largest absolute Gasteiger partial charge is 0.342 e. The summed E-state index contributed by atoms with van der Waals surface area (Å²) in [5.41, 5.74) is -0.386. The van der Waals surface area contributed by atoms with Gasteiger partial charge in [-0.15, -0.1) is 0 Å². The van der Waals surface area contributed by atoms with Crippen LogP contribution in [0.5, 0.6) is 0 Å². The molecule has 25 heavy (non-hydrogen) atoms. The highest BCUT2D eigenvalue weighted by molar-refractivity contribution is 5.87. The monoisotopic (exact) mass is 350 g/mol. The van der Waals surface area contributed by atoms with Crippen LogP contribution >= 0.6 is 0 Å². The summed E-state index contributed by atoms with van der Waals surface area (Å²) < 4.78 is 0. The quantitative estimate of drug-likeness (QED) is 0.819. The highest BCUT2D eigenvalue weighted by Gasteiger charge is 2.49. The number of urea groups is 1. The Labute approximate surface area is 149 Å². The molecular formula is C18H30N4O3. The van der Waals surface area contributed by atoms with Gasteiger partial charge in [0.15, 0.2) is 0 Å². The Balaban J connectivity index is 1.55. The van der Waals surface area contributed by atoms with Crippen molar-refractivity contribution in [1.29, 1.82) is 0 Å². The third kappa shape index (κ3) is 3.75. The van der Waals surface area contributed by atoms with Gasteiger partial charge in [0.05, 0.1) is 12.0 Å². The van der Waals surface area contributed by atoms with E-state index in [4.69, 9.17) is 0 Å². The molecule has 1 saturated carbocycles. The van der Waals surface area contributed by atoms with Crippen LogP contribution in [0, 0.1) is 11.3 Å². The third-order valence-corrected chi connectivity index (χ3v) is 6.03. The highest BCUT2D eigenvalue weighted by atomic mass is 16.2. The second kappa shape index (κ2) is 7.22. The Bertz CT molecular complexity index is 546. The molecule has 1 aliphatic carbocycles. The molecule has 1 atom stereocenters. The molecule has 2 saturated heterocycles. The van der Waals surface area contributed by atoms with Crippen molar-refractivity contribution in [3.8, 4) is 0 Å². The van der Waals surface area contributed by atoms with E-state index in [-0.39, 0.29) is 29.8 Å². The van der Waals surface area contributed by atoms with Crippen LogP contribution in [-0.2, 0) is 9.59 Å². The molecule has 7 heteroatoms. The maximum atomic E-state index is 13.1. The number of carbonyl (C=O) groups is 3. The standard InChI is InChI=1S/C18H30N4O3/c1-20(2)17(25)19-11-15(23)22-10-8-18(13-22)7-4-9-21(16(18)24)12-14-5-3-6-14/h14H,3-13H2,1-2H3,(H,19,25)/t18-/m1/s1. The predicted molar refractivity (Wildman–Crippen MR) is 93.9 cm³/mol. The van der Waals surface area contributed by atoms with Gasteiger partial charge in [0.25, 0.3) is 0 Å². The molecule has 2 aliphatic heterocycles. The lowest BCUT2D eigenvalue weighted by molar-refractivity contribution is -0.147. The van der Waals surface area contributed by atoms with Crippen molar-refractivity contribution in [2.45, 2.75) is 38.5 Å². The number of nitrogens with zero attached hydrogens (tertiary/aromatic N) is 3. The van der Waals surface area contributed by atoms with Gasteiger partial charge in [0.2, 0.25) is 11.8 Å². The first-order valence-corrected chi connectivity index (χ1v) is 9.44. The minimum atomic E-state index is -0.386. The molecule has 0 unspecified atom stereocenters. The van der Waals surface area contributed by atoms with Gasteiger partial charge in [0, 0.05) is 40.3 Å². The Morgan fingerprint density at radius 1 is 1.20 bits per heavy atom. The molecule has 0 bridgehead atoms. The minimum Gasteiger partial charge on any atom is -0.342 e. The van der Waals surface area contributed by atoms with E-state index in [0.717, 1.165) is 32.4 Å². The SMILES string of the molecule is CN(C)C(=O)NCC(=O)N1CC[C@]2(CCCN(CC3CCC3)C2=O)C1. The summed E-state index contributed by atoms with van der Waals surface area (Å²) >= 11 is 0. The molecule has 3 rings (SSSR count). The van der Waals surface area contributed by atoms with Gasteiger partial charge in [0.1, 0.15) is 0 Å². The van der Waals surface area contributed by atoms with Gasteiger partial charge >= 0.3 is 6.03 Å². The highest BCUT2D eigenvalue weighted by Crippen LogP contribution is 2.41. The van der Waals surface area contributed by atoms with E-state index < -0.39 is 0 Å². The Morgan fingerprint density at radius 3 is 2.60 bits per heavy atom. The number of carbonyl (C=O) groups excluding carboxylic acids is 3. The molecule has 0 aromatic heterocycles. The molecular weight excluding hydrogens is 320 g/mol. The first-order valence-electron chi connectivity index (χ1n) is 9.44. The summed E-state index contributed by atoms with van der Waals surface area (Å²) in [6.07, 6.45) is 6.43. The van der Waals surface area contributed by atoms with Crippen molar-refractivity contribution in [2.75, 3.05) is 46.8 Å². The van der Waals surface area contributed by atoms with Gasteiger partial charge < -0.3 is 20.0 Å². The van der Waals surface area contributed by atoms with Crippen molar-refractivity contribution in [3.05, 3.63) is 0 Å². The topological polar surface area (TPSA) is 73.0 Å². The van der Waals surface area contributed by atoms with Crippen LogP contribution in [0.15, 0.2) is 0 Å². The van der Waals surface area contributed by atoms with E-state index >= 15 is 0 Å². The molecule has 0 aromatic carbocycles.